The molecule has 0 saturated heterocycles. The Hall–Kier alpha value is -1.15. The Bertz CT molecular complexity index is 838. The van der Waals surface area contributed by atoms with Gasteiger partial charge >= 0.3 is 0 Å². The van der Waals surface area contributed by atoms with Crippen LogP contribution in [0.4, 0.5) is 5.69 Å². The van der Waals surface area contributed by atoms with E-state index >= 15 is 0 Å². The average molecular weight is 331 g/mol. The molecule has 2 heterocycles. The Morgan fingerprint density at radius 3 is 2.79 bits per heavy atom. The number of thiophene rings is 1. The topological polar surface area (TPSA) is 59.1 Å². The summed E-state index contributed by atoms with van der Waals surface area (Å²) in [7, 11) is -3.58. The summed E-state index contributed by atoms with van der Waals surface area (Å²) in [5.41, 5.74) is 2.99. The highest BCUT2D eigenvalue weighted by molar-refractivity contribution is 7.94. The van der Waals surface area contributed by atoms with Crippen LogP contribution in [0.5, 0.6) is 0 Å². The maximum atomic E-state index is 12.1. The molecule has 0 radical (unpaired) electrons. The zero-order valence-electron chi connectivity index (χ0n) is 9.33. The van der Waals surface area contributed by atoms with Gasteiger partial charge < -0.3 is 0 Å². The van der Waals surface area contributed by atoms with Gasteiger partial charge in [0.15, 0.2) is 0 Å². The second-order valence-corrected chi connectivity index (χ2v) is 8.21. The first-order valence-electron chi connectivity index (χ1n) is 5.16. The third kappa shape index (κ3) is 2.59. The number of thiazole rings is 1. The first-order chi connectivity index (χ1) is 9.04. The maximum absolute atomic E-state index is 12.1. The Kier molecular flexibility index (Phi) is 3.22. The molecule has 0 unspecified atom stereocenters. The quantitative estimate of drug-likeness (QED) is 0.794. The second kappa shape index (κ2) is 4.75. The number of rotatable bonds is 3. The molecule has 3 rings (SSSR count). The van der Waals surface area contributed by atoms with Crippen molar-refractivity contribution in [3.63, 3.8) is 0 Å². The SMILES string of the molecule is O=S(=O)(Nc1ccc2scnc2c1)c1ccc(Cl)s1. The third-order valence-electron chi connectivity index (χ3n) is 2.40. The fourth-order valence-electron chi connectivity index (χ4n) is 1.57. The van der Waals surface area contributed by atoms with Gasteiger partial charge in [-0.15, -0.1) is 22.7 Å². The van der Waals surface area contributed by atoms with Crippen molar-refractivity contribution in [2.45, 2.75) is 4.21 Å². The number of aromatic nitrogens is 1. The van der Waals surface area contributed by atoms with Gasteiger partial charge in [-0.2, -0.15) is 0 Å². The molecule has 0 aliphatic rings. The minimum atomic E-state index is -3.58. The summed E-state index contributed by atoms with van der Waals surface area (Å²) in [6.45, 7) is 0. The first kappa shape index (κ1) is 12.9. The van der Waals surface area contributed by atoms with Crippen LogP contribution in [0.1, 0.15) is 0 Å². The summed E-state index contributed by atoms with van der Waals surface area (Å²) in [6.07, 6.45) is 0. The van der Waals surface area contributed by atoms with Gasteiger partial charge in [-0.3, -0.25) is 4.72 Å². The summed E-state index contributed by atoms with van der Waals surface area (Å²) < 4.78 is 28.4. The highest BCUT2D eigenvalue weighted by Gasteiger charge is 2.16. The van der Waals surface area contributed by atoms with Gasteiger partial charge in [0.25, 0.3) is 10.0 Å². The summed E-state index contributed by atoms with van der Waals surface area (Å²) in [5, 5.41) is 0. The lowest BCUT2D eigenvalue weighted by Crippen LogP contribution is -2.11. The minimum Gasteiger partial charge on any atom is -0.279 e. The number of anilines is 1. The van der Waals surface area contributed by atoms with Crippen LogP contribution in [0.25, 0.3) is 10.2 Å². The summed E-state index contributed by atoms with van der Waals surface area (Å²) in [6, 6.07) is 8.30. The fraction of sp³-hybridized carbons (Fsp3) is 0. The molecule has 0 saturated carbocycles. The molecule has 8 heteroatoms. The summed E-state index contributed by atoms with van der Waals surface area (Å²) in [5.74, 6) is 0. The van der Waals surface area contributed by atoms with E-state index in [1.807, 2.05) is 6.07 Å². The van der Waals surface area contributed by atoms with E-state index < -0.39 is 10.0 Å². The molecule has 1 N–H and O–H groups in total. The zero-order valence-corrected chi connectivity index (χ0v) is 12.5. The molecule has 0 fully saturated rings. The average Bonchev–Trinajstić information content (AvgIpc) is 2.96. The van der Waals surface area contributed by atoms with E-state index in [9.17, 15) is 8.42 Å². The Morgan fingerprint density at radius 1 is 1.21 bits per heavy atom. The van der Waals surface area contributed by atoms with E-state index in [4.69, 9.17) is 11.6 Å². The lowest BCUT2D eigenvalue weighted by molar-refractivity contribution is 0.603. The number of nitrogens with one attached hydrogen (secondary N) is 1. The number of sulfonamides is 1. The highest BCUT2D eigenvalue weighted by Crippen LogP contribution is 2.28. The van der Waals surface area contributed by atoms with E-state index in [0.717, 1.165) is 21.6 Å². The van der Waals surface area contributed by atoms with Crippen molar-refractivity contribution in [1.82, 2.24) is 4.98 Å². The van der Waals surface area contributed by atoms with E-state index in [1.54, 1.807) is 23.7 Å². The van der Waals surface area contributed by atoms with Crippen LogP contribution in [0.3, 0.4) is 0 Å². The highest BCUT2D eigenvalue weighted by atomic mass is 35.5. The number of benzene rings is 1. The molecule has 19 heavy (non-hydrogen) atoms. The summed E-state index contributed by atoms with van der Waals surface area (Å²) in [4.78, 5) is 4.15. The van der Waals surface area contributed by atoms with Gasteiger partial charge in [0.1, 0.15) is 4.21 Å². The molecule has 0 bridgehead atoms. The molecule has 1 aromatic carbocycles. The van der Waals surface area contributed by atoms with Crippen LogP contribution in [-0.4, -0.2) is 13.4 Å². The maximum Gasteiger partial charge on any atom is 0.271 e. The van der Waals surface area contributed by atoms with Gasteiger partial charge in [-0.1, -0.05) is 11.6 Å². The lowest BCUT2D eigenvalue weighted by Gasteiger charge is -2.05. The van der Waals surface area contributed by atoms with Crippen LogP contribution in [0, 0.1) is 0 Å². The zero-order chi connectivity index (χ0) is 13.5. The van der Waals surface area contributed by atoms with Crippen molar-refractivity contribution in [3.8, 4) is 0 Å². The van der Waals surface area contributed by atoms with Crippen molar-refractivity contribution < 1.29 is 8.42 Å². The third-order valence-corrected chi connectivity index (χ3v) is 6.31. The van der Waals surface area contributed by atoms with Crippen molar-refractivity contribution in [2.24, 2.45) is 0 Å². The van der Waals surface area contributed by atoms with Crippen LogP contribution in [0.15, 0.2) is 40.1 Å². The first-order valence-corrected chi connectivity index (χ1v) is 8.72. The van der Waals surface area contributed by atoms with Crippen molar-refractivity contribution in [2.75, 3.05) is 4.72 Å². The van der Waals surface area contributed by atoms with Gasteiger partial charge in [-0.25, -0.2) is 13.4 Å². The Morgan fingerprint density at radius 2 is 2.05 bits per heavy atom. The fourth-order valence-corrected chi connectivity index (χ4v) is 4.76. The molecule has 4 nitrogen and oxygen atoms in total. The van der Waals surface area contributed by atoms with E-state index in [1.165, 1.54) is 17.4 Å². The van der Waals surface area contributed by atoms with Gasteiger partial charge in [0.05, 0.1) is 25.8 Å². The number of hydrogen-bond acceptors (Lipinski definition) is 5. The van der Waals surface area contributed by atoms with Crippen molar-refractivity contribution >= 4 is 60.2 Å². The van der Waals surface area contributed by atoms with Crippen LogP contribution >= 0.6 is 34.3 Å². The predicted molar refractivity (Wildman–Crippen MR) is 79.8 cm³/mol. The molecule has 0 aliphatic heterocycles. The molecule has 2 aromatic heterocycles. The molecule has 0 atom stereocenters. The number of fused-ring (bicyclic) bond motifs is 1. The van der Waals surface area contributed by atoms with Crippen LogP contribution < -0.4 is 4.72 Å². The predicted octanol–water partition coefficient (Wildman–Crippen LogP) is 3.81. The molecule has 3 aromatic rings. The van der Waals surface area contributed by atoms with E-state index in [0.29, 0.717) is 10.0 Å². The van der Waals surface area contributed by atoms with E-state index in [-0.39, 0.29) is 4.21 Å². The molecule has 0 aliphatic carbocycles. The molecular weight excluding hydrogens is 324 g/mol. The standard InChI is InChI=1S/C11H7ClN2O2S3/c12-10-3-4-11(18-10)19(15,16)14-7-1-2-9-8(5-7)13-6-17-9/h1-6,14H. The van der Waals surface area contributed by atoms with Crippen molar-refractivity contribution in [3.05, 3.63) is 40.2 Å². The van der Waals surface area contributed by atoms with Gasteiger partial charge in [0, 0.05) is 0 Å². The van der Waals surface area contributed by atoms with Crippen LogP contribution in [-0.2, 0) is 10.0 Å². The second-order valence-electron chi connectivity index (χ2n) is 3.70. The number of halogens is 1. The minimum absolute atomic E-state index is 0.191. The number of nitrogens with zero attached hydrogens (tertiary/aromatic N) is 1. The normalized spacial score (nSPS) is 11.8. The largest absolute Gasteiger partial charge is 0.279 e. The molecule has 98 valence electrons. The van der Waals surface area contributed by atoms with Gasteiger partial charge in [0.2, 0.25) is 0 Å². The Labute approximate surface area is 122 Å². The Balaban J connectivity index is 1.95. The van der Waals surface area contributed by atoms with Gasteiger partial charge in [-0.05, 0) is 30.3 Å². The summed E-state index contributed by atoms with van der Waals surface area (Å²) >= 11 is 8.28. The molecule has 0 amide bonds. The molecular formula is C11H7ClN2O2S3. The number of hydrogen-bond donors (Lipinski definition) is 1. The van der Waals surface area contributed by atoms with Crippen LogP contribution in [0.2, 0.25) is 4.34 Å². The molecule has 0 spiro atoms. The van der Waals surface area contributed by atoms with Crippen molar-refractivity contribution in [1.29, 1.82) is 0 Å². The lowest BCUT2D eigenvalue weighted by atomic mass is 10.3. The van der Waals surface area contributed by atoms with E-state index in [2.05, 4.69) is 9.71 Å². The monoisotopic (exact) mass is 330 g/mol. The smallest absolute Gasteiger partial charge is 0.271 e.